The number of nitro groups is 1. The number of carbonyl (C=O) groups is 1. The second-order valence-electron chi connectivity index (χ2n) is 5.97. The smallest absolute Gasteiger partial charge is 0.293 e. The summed E-state index contributed by atoms with van der Waals surface area (Å²) in [5.41, 5.74) is 2.99. The van der Waals surface area contributed by atoms with Crippen LogP contribution in [0.1, 0.15) is 16.1 Å². The molecule has 0 unspecified atom stereocenters. The molecule has 0 saturated carbocycles. The van der Waals surface area contributed by atoms with Crippen molar-refractivity contribution in [2.75, 3.05) is 5.32 Å². The van der Waals surface area contributed by atoms with Gasteiger partial charge < -0.3 is 10.3 Å². The van der Waals surface area contributed by atoms with Gasteiger partial charge in [-0.1, -0.05) is 18.2 Å². The minimum absolute atomic E-state index is 0.0634. The van der Waals surface area contributed by atoms with E-state index in [2.05, 4.69) is 15.3 Å². The molecule has 4 rings (SSSR count). The molecule has 0 aliphatic carbocycles. The Morgan fingerprint density at radius 3 is 2.85 bits per heavy atom. The van der Waals surface area contributed by atoms with Crippen molar-refractivity contribution in [2.24, 2.45) is 0 Å². The quantitative estimate of drug-likeness (QED) is 0.429. The van der Waals surface area contributed by atoms with E-state index in [0.29, 0.717) is 16.6 Å². The number of non-ortho nitro benzene ring substituents is 1. The van der Waals surface area contributed by atoms with Crippen molar-refractivity contribution in [3.63, 3.8) is 0 Å². The Bertz CT molecular complexity index is 1180. The summed E-state index contributed by atoms with van der Waals surface area (Å²) in [7, 11) is 0. The van der Waals surface area contributed by atoms with Gasteiger partial charge in [-0.2, -0.15) is 0 Å². The molecule has 0 atom stereocenters. The lowest BCUT2D eigenvalue weighted by molar-refractivity contribution is -0.383. The molecule has 0 spiro atoms. The molecule has 7 nitrogen and oxygen atoms in total. The molecule has 2 N–H and O–H groups in total. The van der Waals surface area contributed by atoms with Gasteiger partial charge in [0.2, 0.25) is 0 Å². The zero-order valence-corrected chi connectivity index (χ0v) is 13.8. The first-order valence-corrected chi connectivity index (χ1v) is 7.96. The molecule has 2 aromatic carbocycles. The van der Waals surface area contributed by atoms with Gasteiger partial charge in [-0.25, -0.2) is 0 Å². The molecule has 2 heterocycles. The Kier molecular flexibility index (Phi) is 3.62. The summed E-state index contributed by atoms with van der Waals surface area (Å²) >= 11 is 0. The van der Waals surface area contributed by atoms with Gasteiger partial charge in [0.05, 0.1) is 16.1 Å². The number of para-hydroxylation sites is 1. The van der Waals surface area contributed by atoms with Crippen LogP contribution in [0.4, 0.5) is 11.4 Å². The van der Waals surface area contributed by atoms with Gasteiger partial charge in [-0.3, -0.25) is 19.9 Å². The topological polar surface area (TPSA) is 101 Å². The number of amides is 1. The lowest BCUT2D eigenvalue weighted by Gasteiger charge is -2.09. The molecular weight excluding hydrogens is 332 g/mol. The van der Waals surface area contributed by atoms with Crippen LogP contribution in [0, 0.1) is 17.0 Å². The molecule has 0 aliphatic rings. The van der Waals surface area contributed by atoms with E-state index >= 15 is 0 Å². The highest BCUT2D eigenvalue weighted by Crippen LogP contribution is 2.27. The number of pyridine rings is 1. The minimum Gasteiger partial charge on any atom is -0.345 e. The third kappa shape index (κ3) is 2.55. The SMILES string of the molecule is Cc1ccc(NC(=O)c2cc3cccc([N+](=O)[O-])c3[nH]2)c2cccnc12. The maximum absolute atomic E-state index is 12.7. The van der Waals surface area contributed by atoms with Crippen LogP contribution in [0.15, 0.2) is 54.7 Å². The summed E-state index contributed by atoms with van der Waals surface area (Å²) in [4.78, 5) is 30.5. The first kappa shape index (κ1) is 15.8. The molecule has 0 radical (unpaired) electrons. The summed E-state index contributed by atoms with van der Waals surface area (Å²) in [5.74, 6) is -0.371. The maximum atomic E-state index is 12.7. The highest BCUT2D eigenvalue weighted by Gasteiger charge is 2.17. The van der Waals surface area contributed by atoms with Crippen LogP contribution in [0.3, 0.4) is 0 Å². The zero-order chi connectivity index (χ0) is 18.3. The average Bonchev–Trinajstić information content (AvgIpc) is 3.08. The standard InChI is InChI=1S/C19H14N4O3/c1-11-7-8-14(13-5-3-9-20-17(11)13)22-19(24)15-10-12-4-2-6-16(23(25)26)18(12)21-15/h2-10,21H,1H3,(H,22,24). The number of rotatable bonds is 3. The first-order valence-electron chi connectivity index (χ1n) is 7.96. The number of carbonyl (C=O) groups excluding carboxylic acids is 1. The number of fused-ring (bicyclic) bond motifs is 2. The van der Waals surface area contributed by atoms with Gasteiger partial charge in [0.1, 0.15) is 11.2 Å². The van der Waals surface area contributed by atoms with Crippen LogP contribution in [0.5, 0.6) is 0 Å². The number of H-pyrrole nitrogens is 1. The van der Waals surface area contributed by atoms with Gasteiger partial charge in [0.15, 0.2) is 0 Å². The van der Waals surface area contributed by atoms with Crippen LogP contribution in [0.2, 0.25) is 0 Å². The van der Waals surface area contributed by atoms with Gasteiger partial charge in [0.25, 0.3) is 11.6 Å². The lowest BCUT2D eigenvalue weighted by Crippen LogP contribution is -2.12. The summed E-state index contributed by atoms with van der Waals surface area (Å²) in [6.45, 7) is 1.96. The van der Waals surface area contributed by atoms with E-state index in [1.807, 2.05) is 31.2 Å². The van der Waals surface area contributed by atoms with Crippen molar-refractivity contribution in [3.8, 4) is 0 Å². The predicted octanol–water partition coefficient (Wildman–Crippen LogP) is 4.19. The number of aromatic nitrogens is 2. The Balaban J connectivity index is 1.74. The largest absolute Gasteiger partial charge is 0.345 e. The Morgan fingerprint density at radius 1 is 1.19 bits per heavy atom. The number of nitrogens with one attached hydrogen (secondary N) is 2. The van der Waals surface area contributed by atoms with E-state index in [4.69, 9.17) is 0 Å². The van der Waals surface area contributed by atoms with Crippen LogP contribution < -0.4 is 5.32 Å². The molecule has 1 amide bonds. The monoisotopic (exact) mass is 346 g/mol. The molecule has 0 bridgehead atoms. The van der Waals surface area contributed by atoms with E-state index in [0.717, 1.165) is 16.5 Å². The molecule has 128 valence electrons. The van der Waals surface area contributed by atoms with Gasteiger partial charge >= 0.3 is 0 Å². The lowest BCUT2D eigenvalue weighted by atomic mass is 10.1. The van der Waals surface area contributed by atoms with Gasteiger partial charge in [-0.05, 0) is 36.8 Å². The molecular formula is C19H14N4O3. The van der Waals surface area contributed by atoms with Crippen molar-refractivity contribution >= 4 is 39.1 Å². The van der Waals surface area contributed by atoms with Crippen LogP contribution in [0.25, 0.3) is 21.8 Å². The van der Waals surface area contributed by atoms with E-state index in [9.17, 15) is 14.9 Å². The van der Waals surface area contributed by atoms with Crippen molar-refractivity contribution in [1.82, 2.24) is 9.97 Å². The third-order valence-corrected chi connectivity index (χ3v) is 4.30. The second-order valence-corrected chi connectivity index (χ2v) is 5.97. The number of benzene rings is 2. The van der Waals surface area contributed by atoms with Crippen molar-refractivity contribution < 1.29 is 9.72 Å². The summed E-state index contributed by atoms with van der Waals surface area (Å²) in [6.07, 6.45) is 1.71. The number of nitrogens with zero attached hydrogens (tertiary/aromatic N) is 2. The highest BCUT2D eigenvalue weighted by atomic mass is 16.6. The van der Waals surface area contributed by atoms with Crippen molar-refractivity contribution in [2.45, 2.75) is 6.92 Å². The Morgan fingerprint density at radius 2 is 2.04 bits per heavy atom. The molecule has 0 fully saturated rings. The minimum atomic E-state index is -0.473. The normalized spacial score (nSPS) is 11.0. The molecule has 0 aliphatic heterocycles. The molecule has 26 heavy (non-hydrogen) atoms. The maximum Gasteiger partial charge on any atom is 0.293 e. The zero-order valence-electron chi connectivity index (χ0n) is 13.8. The fourth-order valence-electron chi connectivity index (χ4n) is 3.03. The van der Waals surface area contributed by atoms with Crippen LogP contribution in [-0.2, 0) is 0 Å². The van der Waals surface area contributed by atoms with Crippen LogP contribution >= 0.6 is 0 Å². The molecule has 4 aromatic rings. The average molecular weight is 346 g/mol. The number of nitro benzene ring substituents is 1. The molecule has 2 aromatic heterocycles. The number of hydrogen-bond donors (Lipinski definition) is 2. The Labute approximate surface area is 147 Å². The van der Waals surface area contributed by atoms with E-state index < -0.39 is 4.92 Å². The second kappa shape index (κ2) is 5.96. The fourth-order valence-corrected chi connectivity index (χ4v) is 3.03. The number of hydrogen-bond acceptors (Lipinski definition) is 4. The van der Waals surface area contributed by atoms with Crippen molar-refractivity contribution in [3.05, 3.63) is 76.1 Å². The van der Waals surface area contributed by atoms with Crippen LogP contribution in [-0.4, -0.2) is 20.8 Å². The van der Waals surface area contributed by atoms with Gasteiger partial charge in [-0.15, -0.1) is 0 Å². The third-order valence-electron chi connectivity index (χ3n) is 4.30. The molecule has 0 saturated heterocycles. The number of aryl methyl sites for hydroxylation is 1. The molecule has 7 heteroatoms. The van der Waals surface area contributed by atoms with E-state index in [1.54, 1.807) is 24.4 Å². The summed E-state index contributed by atoms with van der Waals surface area (Å²) in [6, 6.07) is 13.7. The summed E-state index contributed by atoms with van der Waals surface area (Å²) in [5, 5.41) is 15.4. The summed E-state index contributed by atoms with van der Waals surface area (Å²) < 4.78 is 0. The Hall–Kier alpha value is -3.74. The fraction of sp³-hybridized carbons (Fsp3) is 0.0526. The van der Waals surface area contributed by atoms with E-state index in [-0.39, 0.29) is 17.3 Å². The van der Waals surface area contributed by atoms with Gasteiger partial charge in [0, 0.05) is 23.0 Å². The first-order chi connectivity index (χ1) is 12.5. The number of anilines is 1. The van der Waals surface area contributed by atoms with E-state index in [1.165, 1.54) is 6.07 Å². The highest BCUT2D eigenvalue weighted by molar-refractivity contribution is 6.10. The number of aromatic amines is 1. The predicted molar refractivity (Wildman–Crippen MR) is 99.4 cm³/mol. The van der Waals surface area contributed by atoms with Crippen molar-refractivity contribution in [1.29, 1.82) is 0 Å².